The molecule has 0 saturated carbocycles. The van der Waals surface area contributed by atoms with Gasteiger partial charge in [0.2, 0.25) is 0 Å². The Morgan fingerprint density at radius 2 is 2.22 bits per heavy atom. The molecule has 1 aromatic rings. The predicted molar refractivity (Wildman–Crippen MR) is 70.0 cm³/mol. The highest BCUT2D eigenvalue weighted by atomic mass is 16.6. The van der Waals surface area contributed by atoms with Gasteiger partial charge in [-0.1, -0.05) is 18.2 Å². The van der Waals surface area contributed by atoms with Crippen LogP contribution >= 0.6 is 0 Å². The van der Waals surface area contributed by atoms with Gasteiger partial charge < -0.3 is 19.5 Å². The first-order valence-corrected chi connectivity index (χ1v) is 6.45. The molecule has 0 aromatic heterocycles. The molecule has 1 N–H and O–H groups in total. The topological polar surface area (TPSA) is 39.7 Å². The number of likely N-dealkylation sites (N-methyl/N-ethyl adjacent to an activating group) is 1. The van der Waals surface area contributed by atoms with Crippen molar-refractivity contribution in [3.63, 3.8) is 0 Å². The van der Waals surface area contributed by atoms with Gasteiger partial charge in [-0.3, -0.25) is 0 Å². The third-order valence-electron chi connectivity index (χ3n) is 3.08. The summed E-state index contributed by atoms with van der Waals surface area (Å²) < 4.78 is 16.9. The molecule has 1 aliphatic rings. The monoisotopic (exact) mass is 251 g/mol. The maximum Gasteiger partial charge on any atom is 0.124 e. The van der Waals surface area contributed by atoms with Crippen LogP contribution in [0.2, 0.25) is 0 Å². The van der Waals surface area contributed by atoms with E-state index in [1.807, 2.05) is 32.2 Å². The maximum absolute atomic E-state index is 5.78. The SMILES string of the molecule is CCOc1ccccc1C(NC)C1COCCO1. The maximum atomic E-state index is 5.78. The molecule has 1 saturated heterocycles. The molecule has 2 atom stereocenters. The second-order valence-electron chi connectivity index (χ2n) is 4.22. The molecule has 1 aromatic carbocycles. The zero-order valence-electron chi connectivity index (χ0n) is 11.0. The van der Waals surface area contributed by atoms with Gasteiger partial charge in [0.25, 0.3) is 0 Å². The van der Waals surface area contributed by atoms with Gasteiger partial charge >= 0.3 is 0 Å². The van der Waals surface area contributed by atoms with Crippen LogP contribution in [0.15, 0.2) is 24.3 Å². The van der Waals surface area contributed by atoms with E-state index in [2.05, 4.69) is 11.4 Å². The fraction of sp³-hybridized carbons (Fsp3) is 0.571. The molecule has 0 spiro atoms. The molecule has 0 amide bonds. The van der Waals surface area contributed by atoms with Gasteiger partial charge in [0.1, 0.15) is 11.9 Å². The van der Waals surface area contributed by atoms with E-state index < -0.39 is 0 Å². The Hall–Kier alpha value is -1.10. The number of benzene rings is 1. The molecule has 18 heavy (non-hydrogen) atoms. The van der Waals surface area contributed by atoms with Crippen molar-refractivity contribution < 1.29 is 14.2 Å². The summed E-state index contributed by atoms with van der Waals surface area (Å²) in [6.45, 7) is 4.60. The third kappa shape index (κ3) is 3.02. The molecular weight excluding hydrogens is 230 g/mol. The van der Waals surface area contributed by atoms with Crippen LogP contribution in [0.25, 0.3) is 0 Å². The highest BCUT2D eigenvalue weighted by Crippen LogP contribution is 2.29. The van der Waals surface area contributed by atoms with Crippen LogP contribution in [0.4, 0.5) is 0 Å². The quantitative estimate of drug-likeness (QED) is 0.865. The van der Waals surface area contributed by atoms with Crippen molar-refractivity contribution in [1.29, 1.82) is 0 Å². The zero-order valence-corrected chi connectivity index (χ0v) is 11.0. The van der Waals surface area contributed by atoms with E-state index >= 15 is 0 Å². The van der Waals surface area contributed by atoms with Crippen molar-refractivity contribution in [3.8, 4) is 5.75 Å². The summed E-state index contributed by atoms with van der Waals surface area (Å²) in [6.07, 6.45) is 0.0327. The standard InChI is InChI=1S/C14H21NO3/c1-3-17-12-7-5-4-6-11(12)14(15-2)13-10-16-8-9-18-13/h4-7,13-15H,3,8-10H2,1-2H3. The molecule has 0 bridgehead atoms. The lowest BCUT2D eigenvalue weighted by molar-refractivity contribution is -0.102. The summed E-state index contributed by atoms with van der Waals surface area (Å²) in [7, 11) is 1.94. The van der Waals surface area contributed by atoms with Crippen LogP contribution in [0.5, 0.6) is 5.75 Å². The summed E-state index contributed by atoms with van der Waals surface area (Å²) >= 11 is 0. The Bertz CT molecular complexity index is 364. The van der Waals surface area contributed by atoms with E-state index in [0.717, 1.165) is 11.3 Å². The molecule has 0 aliphatic carbocycles. The highest BCUT2D eigenvalue weighted by molar-refractivity contribution is 5.36. The second kappa shape index (κ2) is 6.73. The Kier molecular flexibility index (Phi) is 4.99. The van der Waals surface area contributed by atoms with Crippen molar-refractivity contribution in [2.75, 3.05) is 33.5 Å². The number of ether oxygens (including phenoxy) is 3. The predicted octanol–water partition coefficient (Wildman–Crippen LogP) is 1.76. The average Bonchev–Trinajstić information content (AvgIpc) is 2.43. The minimum absolute atomic E-state index is 0.0327. The number of hydrogen-bond donors (Lipinski definition) is 1. The molecule has 2 rings (SSSR count). The molecule has 4 heteroatoms. The first kappa shape index (κ1) is 13.3. The van der Waals surface area contributed by atoms with Gasteiger partial charge in [-0.2, -0.15) is 0 Å². The molecule has 4 nitrogen and oxygen atoms in total. The molecule has 0 radical (unpaired) electrons. The Balaban J connectivity index is 2.20. The Morgan fingerprint density at radius 1 is 1.39 bits per heavy atom. The fourth-order valence-electron chi connectivity index (χ4n) is 2.26. The summed E-state index contributed by atoms with van der Waals surface area (Å²) in [6, 6.07) is 8.16. The van der Waals surface area contributed by atoms with Gasteiger partial charge in [0.15, 0.2) is 0 Å². The van der Waals surface area contributed by atoms with Crippen LogP contribution in [-0.4, -0.2) is 39.6 Å². The van der Waals surface area contributed by atoms with E-state index in [1.165, 1.54) is 0 Å². The third-order valence-corrected chi connectivity index (χ3v) is 3.08. The van der Waals surface area contributed by atoms with E-state index in [0.29, 0.717) is 26.4 Å². The van der Waals surface area contributed by atoms with Gasteiger partial charge in [-0.15, -0.1) is 0 Å². The largest absolute Gasteiger partial charge is 0.494 e. The number of hydrogen-bond acceptors (Lipinski definition) is 4. The first-order chi connectivity index (χ1) is 8.86. The lowest BCUT2D eigenvalue weighted by atomic mass is 10.0. The molecule has 2 unspecified atom stereocenters. The number of nitrogens with one attached hydrogen (secondary N) is 1. The number of para-hydroxylation sites is 1. The smallest absolute Gasteiger partial charge is 0.124 e. The van der Waals surface area contributed by atoms with Gasteiger partial charge in [-0.05, 0) is 20.0 Å². The van der Waals surface area contributed by atoms with E-state index in [1.54, 1.807) is 0 Å². The summed E-state index contributed by atoms with van der Waals surface area (Å²) in [4.78, 5) is 0. The van der Waals surface area contributed by atoms with E-state index in [9.17, 15) is 0 Å². The summed E-state index contributed by atoms with van der Waals surface area (Å²) in [5.74, 6) is 0.911. The summed E-state index contributed by atoms with van der Waals surface area (Å²) in [5.41, 5.74) is 1.12. The molecule has 100 valence electrons. The van der Waals surface area contributed by atoms with Crippen molar-refractivity contribution in [3.05, 3.63) is 29.8 Å². The van der Waals surface area contributed by atoms with Crippen molar-refractivity contribution in [1.82, 2.24) is 5.32 Å². The molecule has 1 aliphatic heterocycles. The second-order valence-corrected chi connectivity index (χ2v) is 4.22. The Morgan fingerprint density at radius 3 is 2.89 bits per heavy atom. The van der Waals surface area contributed by atoms with E-state index in [-0.39, 0.29) is 12.1 Å². The van der Waals surface area contributed by atoms with E-state index in [4.69, 9.17) is 14.2 Å². The molecular formula is C14H21NO3. The Labute approximate surface area is 108 Å². The molecule has 1 fully saturated rings. The summed E-state index contributed by atoms with van der Waals surface area (Å²) in [5, 5.41) is 3.30. The van der Waals surface area contributed by atoms with Crippen LogP contribution < -0.4 is 10.1 Å². The van der Waals surface area contributed by atoms with Crippen molar-refractivity contribution in [2.45, 2.75) is 19.1 Å². The minimum atomic E-state index is 0.0327. The normalized spacial score (nSPS) is 21.6. The van der Waals surface area contributed by atoms with Gasteiger partial charge in [0.05, 0.1) is 32.5 Å². The first-order valence-electron chi connectivity index (χ1n) is 6.45. The van der Waals surface area contributed by atoms with Gasteiger partial charge in [0, 0.05) is 5.56 Å². The van der Waals surface area contributed by atoms with Gasteiger partial charge in [-0.25, -0.2) is 0 Å². The van der Waals surface area contributed by atoms with Crippen molar-refractivity contribution in [2.24, 2.45) is 0 Å². The molecule has 1 heterocycles. The minimum Gasteiger partial charge on any atom is -0.494 e. The zero-order chi connectivity index (χ0) is 12.8. The lowest BCUT2D eigenvalue weighted by Crippen LogP contribution is -2.39. The van der Waals surface area contributed by atoms with Crippen LogP contribution in [-0.2, 0) is 9.47 Å². The highest BCUT2D eigenvalue weighted by Gasteiger charge is 2.27. The fourth-order valence-corrected chi connectivity index (χ4v) is 2.26. The lowest BCUT2D eigenvalue weighted by Gasteiger charge is -2.31. The van der Waals surface area contributed by atoms with Crippen LogP contribution in [0.3, 0.4) is 0 Å². The van der Waals surface area contributed by atoms with Crippen LogP contribution in [0, 0.1) is 0 Å². The van der Waals surface area contributed by atoms with Crippen LogP contribution in [0.1, 0.15) is 18.5 Å². The van der Waals surface area contributed by atoms with Crippen molar-refractivity contribution >= 4 is 0 Å². The average molecular weight is 251 g/mol. The number of rotatable bonds is 5.